The van der Waals surface area contributed by atoms with Gasteiger partial charge >= 0.3 is 0 Å². The molecule has 8 nitrogen and oxygen atoms in total. The zero-order chi connectivity index (χ0) is 20.4. The van der Waals surface area contributed by atoms with Crippen LogP contribution in [0.15, 0.2) is 41.1 Å². The average molecular weight is 386 g/mol. The van der Waals surface area contributed by atoms with Gasteiger partial charge in [0.1, 0.15) is 29.3 Å². The Kier molecular flexibility index (Phi) is 4.73. The lowest BCUT2D eigenvalue weighted by Gasteiger charge is -2.30. The van der Waals surface area contributed by atoms with Gasteiger partial charge in [0.15, 0.2) is 0 Å². The molecule has 0 spiro atoms. The van der Waals surface area contributed by atoms with Crippen molar-refractivity contribution < 1.29 is 0 Å². The lowest BCUT2D eigenvalue weighted by Crippen LogP contribution is -2.23. The Bertz CT molecular complexity index is 1200. The number of nitriles is 3. The minimum Gasteiger partial charge on any atom is -0.762 e. The molecule has 1 atom stereocenters. The summed E-state index contributed by atoms with van der Waals surface area (Å²) in [5.41, 5.74) is 12.9. The molecule has 5 N–H and O–H groups in total. The van der Waals surface area contributed by atoms with Gasteiger partial charge in [0.05, 0.1) is 34.5 Å². The fourth-order valence-electron chi connectivity index (χ4n) is 3.06. The van der Waals surface area contributed by atoms with E-state index in [0.29, 0.717) is 16.1 Å². The fraction of sp³-hybridized carbons (Fsp3) is 0.0526. The molecule has 3 rings (SSSR count). The summed E-state index contributed by atoms with van der Waals surface area (Å²) in [4.78, 5) is 4.17. The standard InChI is InChI=1S/C19H10ClN8/c20-11-3-1-9(2-4-11)14-12(7-23)17(10(5-21)6-22)27-19-15(14)16(25)13(8-24)18(26)28-19/h1-4,14H,(H5,25,26,27,28)/q-1. The summed E-state index contributed by atoms with van der Waals surface area (Å²) in [5, 5.41) is 41.1. The van der Waals surface area contributed by atoms with E-state index >= 15 is 0 Å². The Morgan fingerprint density at radius 2 is 1.82 bits per heavy atom. The van der Waals surface area contributed by atoms with Gasteiger partial charge in [-0.25, -0.2) is 10.9 Å². The van der Waals surface area contributed by atoms with Gasteiger partial charge in [0.2, 0.25) is 0 Å². The van der Waals surface area contributed by atoms with E-state index in [0.717, 1.165) is 0 Å². The molecule has 9 heteroatoms. The highest BCUT2D eigenvalue weighted by Crippen LogP contribution is 2.46. The molecule has 1 aromatic carbocycles. The molecule has 0 saturated heterocycles. The average Bonchev–Trinajstić information content (AvgIpc) is 2.69. The summed E-state index contributed by atoms with van der Waals surface area (Å²) >= 11 is 5.97. The van der Waals surface area contributed by atoms with Gasteiger partial charge in [0.25, 0.3) is 0 Å². The van der Waals surface area contributed by atoms with Gasteiger partial charge in [0, 0.05) is 10.6 Å². The molecule has 1 aromatic heterocycles. The molecule has 0 fully saturated rings. The van der Waals surface area contributed by atoms with Crippen LogP contribution < -0.4 is 16.8 Å². The second-order valence-electron chi connectivity index (χ2n) is 5.77. The van der Waals surface area contributed by atoms with Gasteiger partial charge in [-0.2, -0.15) is 15.8 Å². The molecule has 1 aliphatic heterocycles. The molecule has 0 aliphatic carbocycles. The summed E-state index contributed by atoms with van der Waals surface area (Å²) in [5.74, 6) is 1.07. The van der Waals surface area contributed by atoms with Crippen LogP contribution in [-0.4, -0.2) is 10.9 Å². The number of benzene rings is 1. The van der Waals surface area contributed by atoms with E-state index < -0.39 is 5.92 Å². The maximum absolute atomic E-state index is 9.83. The van der Waals surface area contributed by atoms with Crippen molar-refractivity contribution in [1.82, 2.24) is 4.98 Å². The number of nitrogens with one attached hydrogen (secondary N) is 1. The largest absolute Gasteiger partial charge is 0.762 e. The SMILES string of the molecule is N#CC(=C=[N-])C1=C(C#N)C(c2ccc(Cl)cc2)c2c(nc(N)c(C#N)c2N)N1. The van der Waals surface area contributed by atoms with E-state index in [-0.39, 0.29) is 39.7 Å². The number of fused-ring (bicyclic) bond motifs is 1. The van der Waals surface area contributed by atoms with Crippen molar-refractivity contribution in [2.24, 2.45) is 0 Å². The number of anilines is 3. The third-order valence-electron chi connectivity index (χ3n) is 4.30. The zero-order valence-electron chi connectivity index (χ0n) is 14.2. The molecule has 1 unspecified atom stereocenters. The van der Waals surface area contributed by atoms with Crippen LogP contribution in [0.3, 0.4) is 0 Å². The number of nitrogen functional groups attached to an aromatic ring is 2. The lowest BCUT2D eigenvalue weighted by molar-refractivity contribution is 0.934. The van der Waals surface area contributed by atoms with E-state index in [2.05, 4.69) is 16.4 Å². The number of pyridine rings is 1. The normalized spacial score (nSPS) is 14.6. The second kappa shape index (κ2) is 7.15. The number of halogens is 1. The van der Waals surface area contributed by atoms with E-state index in [1.807, 2.05) is 6.07 Å². The molecule has 0 saturated carbocycles. The van der Waals surface area contributed by atoms with Crippen molar-refractivity contribution in [3.05, 3.63) is 68.2 Å². The first-order valence-electron chi connectivity index (χ1n) is 7.80. The van der Waals surface area contributed by atoms with Crippen LogP contribution in [0.25, 0.3) is 5.41 Å². The highest BCUT2D eigenvalue weighted by molar-refractivity contribution is 6.30. The van der Waals surface area contributed by atoms with Crippen molar-refractivity contribution in [2.75, 3.05) is 16.8 Å². The third kappa shape index (κ3) is 2.80. The minimum absolute atomic E-state index is 0.00924. The van der Waals surface area contributed by atoms with E-state index in [1.54, 1.807) is 36.2 Å². The number of hydrogen-bond donors (Lipinski definition) is 3. The van der Waals surface area contributed by atoms with Crippen LogP contribution in [0.4, 0.5) is 17.3 Å². The molecule has 0 bridgehead atoms. The maximum atomic E-state index is 9.83. The van der Waals surface area contributed by atoms with Crippen molar-refractivity contribution in [2.45, 2.75) is 5.92 Å². The molecule has 134 valence electrons. The monoisotopic (exact) mass is 385 g/mol. The highest BCUT2D eigenvalue weighted by atomic mass is 35.5. The molecule has 2 aromatic rings. The zero-order valence-corrected chi connectivity index (χ0v) is 14.9. The molecular weight excluding hydrogens is 376 g/mol. The number of hydrogen-bond acceptors (Lipinski definition) is 7. The second-order valence-corrected chi connectivity index (χ2v) is 6.20. The predicted molar refractivity (Wildman–Crippen MR) is 105 cm³/mol. The Hall–Kier alpha value is -4.28. The topological polar surface area (TPSA) is 171 Å². The van der Waals surface area contributed by atoms with E-state index in [1.165, 1.54) is 0 Å². The Balaban J connectivity index is 2.43. The van der Waals surface area contributed by atoms with Crippen LogP contribution >= 0.6 is 11.6 Å². The number of aromatic nitrogens is 1. The van der Waals surface area contributed by atoms with Gasteiger partial charge in [-0.05, 0) is 17.7 Å². The van der Waals surface area contributed by atoms with Crippen LogP contribution in [-0.2, 0) is 0 Å². The number of allylic oxidation sites excluding steroid dienone is 2. The first-order valence-corrected chi connectivity index (χ1v) is 8.17. The van der Waals surface area contributed by atoms with Crippen molar-refractivity contribution in [1.29, 1.82) is 15.8 Å². The van der Waals surface area contributed by atoms with Crippen molar-refractivity contribution in [3.8, 4) is 18.2 Å². The summed E-state index contributed by atoms with van der Waals surface area (Å²) < 4.78 is 0. The predicted octanol–water partition coefficient (Wildman–Crippen LogP) is 2.80. The van der Waals surface area contributed by atoms with Crippen molar-refractivity contribution >= 4 is 34.8 Å². The summed E-state index contributed by atoms with van der Waals surface area (Å²) in [6, 6.07) is 12.4. The van der Waals surface area contributed by atoms with Crippen LogP contribution in [0.5, 0.6) is 0 Å². The number of nitrogens with two attached hydrogens (primary N) is 2. The molecule has 1 aliphatic rings. The van der Waals surface area contributed by atoms with Gasteiger partial charge < -0.3 is 22.2 Å². The van der Waals surface area contributed by atoms with Crippen molar-refractivity contribution in [3.63, 3.8) is 0 Å². The van der Waals surface area contributed by atoms with Crippen LogP contribution in [0, 0.1) is 34.0 Å². The molecule has 0 amide bonds. The molecule has 0 radical (unpaired) electrons. The third-order valence-corrected chi connectivity index (χ3v) is 4.55. The summed E-state index contributed by atoms with van der Waals surface area (Å²) in [6.45, 7) is 0. The molecule has 2 heterocycles. The first-order chi connectivity index (χ1) is 13.5. The Labute approximate surface area is 165 Å². The maximum Gasteiger partial charge on any atom is 0.145 e. The van der Waals surface area contributed by atoms with Crippen LogP contribution in [0.1, 0.15) is 22.6 Å². The van der Waals surface area contributed by atoms with Gasteiger partial charge in [-0.3, -0.25) is 0 Å². The molecule has 28 heavy (non-hydrogen) atoms. The Morgan fingerprint density at radius 1 is 1.14 bits per heavy atom. The quantitative estimate of drug-likeness (QED) is 0.526. The fourth-order valence-corrected chi connectivity index (χ4v) is 3.19. The van der Waals surface area contributed by atoms with E-state index in [4.69, 9.17) is 23.1 Å². The summed E-state index contributed by atoms with van der Waals surface area (Å²) in [6.07, 6.45) is 0. The Morgan fingerprint density at radius 3 is 2.36 bits per heavy atom. The number of nitrogens with zero attached hydrogens (tertiary/aromatic N) is 5. The van der Waals surface area contributed by atoms with Crippen LogP contribution in [0.2, 0.25) is 5.02 Å². The minimum atomic E-state index is -0.773. The number of rotatable bonds is 2. The highest BCUT2D eigenvalue weighted by Gasteiger charge is 2.35. The molecular formula is C19H10ClN8-. The van der Waals surface area contributed by atoms with Gasteiger partial charge in [-0.1, -0.05) is 23.7 Å². The van der Waals surface area contributed by atoms with E-state index in [9.17, 15) is 21.2 Å². The smallest absolute Gasteiger partial charge is 0.145 e. The lowest BCUT2D eigenvalue weighted by atomic mass is 9.80. The first kappa shape index (κ1) is 18.5. The van der Waals surface area contributed by atoms with Gasteiger partial charge in [-0.15, -0.1) is 0 Å². The summed E-state index contributed by atoms with van der Waals surface area (Å²) in [7, 11) is 0.